The van der Waals surface area contributed by atoms with Crippen molar-refractivity contribution in [1.82, 2.24) is 4.90 Å². The van der Waals surface area contributed by atoms with Gasteiger partial charge in [0.25, 0.3) is 0 Å². The van der Waals surface area contributed by atoms with E-state index in [9.17, 15) is 14.9 Å². The molecule has 0 bridgehead atoms. The lowest BCUT2D eigenvalue weighted by Crippen LogP contribution is -2.56. The fourth-order valence-electron chi connectivity index (χ4n) is 4.28. The summed E-state index contributed by atoms with van der Waals surface area (Å²) in [4.78, 5) is 28.6. The number of amides is 1. The van der Waals surface area contributed by atoms with Gasteiger partial charge in [0.2, 0.25) is 5.91 Å². The highest BCUT2D eigenvalue weighted by molar-refractivity contribution is 6.11. The molecule has 0 radical (unpaired) electrons. The SMILES string of the molecule is C=C/C=C(\C=C)CN1CC=C2C(C)(C)C(=O)C(C#N)=CC2(c2ccccc2)C1=O. The number of rotatable bonds is 5. The minimum absolute atomic E-state index is 0.0248. The number of fused-ring (bicyclic) bond motifs is 1. The number of hydrogen-bond acceptors (Lipinski definition) is 3. The van der Waals surface area contributed by atoms with Crippen LogP contribution in [0.4, 0.5) is 0 Å². The summed E-state index contributed by atoms with van der Waals surface area (Å²) in [7, 11) is 0. The van der Waals surface area contributed by atoms with Crippen molar-refractivity contribution in [3.05, 3.63) is 96.2 Å². The molecule has 1 amide bonds. The number of nitriles is 1. The number of carbonyl (C=O) groups is 2. The summed E-state index contributed by atoms with van der Waals surface area (Å²) >= 11 is 0. The zero-order chi connectivity index (χ0) is 21.2. The van der Waals surface area contributed by atoms with Gasteiger partial charge in [0.1, 0.15) is 11.5 Å². The Morgan fingerprint density at radius 2 is 1.93 bits per heavy atom. The largest absolute Gasteiger partial charge is 0.333 e. The maximum atomic E-state index is 13.9. The van der Waals surface area contributed by atoms with Crippen LogP contribution in [0, 0.1) is 16.7 Å². The number of Topliss-reactive ketones (excluding diaryl/α,β-unsaturated/α-hetero) is 1. The van der Waals surface area contributed by atoms with Crippen molar-refractivity contribution in [3.63, 3.8) is 0 Å². The van der Waals surface area contributed by atoms with Crippen LogP contribution >= 0.6 is 0 Å². The van der Waals surface area contributed by atoms with Gasteiger partial charge in [-0.2, -0.15) is 5.26 Å². The molecule has 1 atom stereocenters. The topological polar surface area (TPSA) is 61.2 Å². The first-order valence-electron chi connectivity index (χ1n) is 9.50. The van der Waals surface area contributed by atoms with Gasteiger partial charge in [-0.25, -0.2) is 0 Å². The molecule has 1 aromatic carbocycles. The Morgan fingerprint density at radius 3 is 2.52 bits per heavy atom. The Kier molecular flexibility index (Phi) is 5.26. The van der Waals surface area contributed by atoms with Gasteiger partial charge in [-0.3, -0.25) is 9.59 Å². The van der Waals surface area contributed by atoms with Crippen LogP contribution in [-0.4, -0.2) is 29.7 Å². The predicted octanol–water partition coefficient (Wildman–Crippen LogP) is 4.05. The lowest BCUT2D eigenvalue weighted by Gasteiger charge is -2.48. The van der Waals surface area contributed by atoms with Gasteiger partial charge in [0.15, 0.2) is 5.78 Å². The molecule has 0 N–H and O–H groups in total. The fourth-order valence-corrected chi connectivity index (χ4v) is 4.28. The van der Waals surface area contributed by atoms with E-state index in [0.29, 0.717) is 13.1 Å². The van der Waals surface area contributed by atoms with Crippen LogP contribution in [0.25, 0.3) is 0 Å². The molecule has 1 aliphatic heterocycles. The second-order valence-corrected chi connectivity index (χ2v) is 7.78. The number of nitrogens with zero attached hydrogens (tertiary/aromatic N) is 2. The molecular weight excluding hydrogens is 360 g/mol. The summed E-state index contributed by atoms with van der Waals surface area (Å²) in [6.45, 7) is 11.9. The quantitative estimate of drug-likeness (QED) is 0.568. The minimum Gasteiger partial charge on any atom is -0.333 e. The van der Waals surface area contributed by atoms with Gasteiger partial charge < -0.3 is 4.90 Å². The molecule has 3 rings (SSSR count). The summed E-state index contributed by atoms with van der Waals surface area (Å²) in [6.07, 6.45) is 8.70. The Bertz CT molecular complexity index is 1020. The van der Waals surface area contributed by atoms with Crippen molar-refractivity contribution in [2.45, 2.75) is 19.3 Å². The molecule has 2 aliphatic rings. The molecular formula is C25H24N2O2. The lowest BCUT2D eigenvalue weighted by molar-refractivity contribution is -0.135. The van der Waals surface area contributed by atoms with Crippen molar-refractivity contribution < 1.29 is 9.59 Å². The van der Waals surface area contributed by atoms with Crippen LogP contribution in [-0.2, 0) is 15.0 Å². The Hall–Kier alpha value is -3.45. The standard InChI is InChI=1S/C25H24N2O2/c1-5-10-18(6-2)17-27-14-13-21-24(3,4)22(28)19(16-26)15-25(21,23(27)29)20-11-8-7-9-12-20/h5-13,15H,1-2,14,17H2,3-4H3/b18-10+. The Balaban J connectivity index is 2.26. The van der Waals surface area contributed by atoms with Crippen molar-refractivity contribution >= 4 is 11.7 Å². The van der Waals surface area contributed by atoms with E-state index in [4.69, 9.17) is 0 Å². The van der Waals surface area contributed by atoms with Gasteiger partial charge in [-0.1, -0.05) is 67.8 Å². The summed E-state index contributed by atoms with van der Waals surface area (Å²) in [5.41, 5.74) is 0.246. The Morgan fingerprint density at radius 1 is 1.24 bits per heavy atom. The summed E-state index contributed by atoms with van der Waals surface area (Å²) in [6, 6.07) is 11.4. The van der Waals surface area contributed by atoms with E-state index in [1.54, 1.807) is 37.0 Å². The molecule has 0 spiro atoms. The third-order valence-electron chi connectivity index (χ3n) is 5.73. The monoisotopic (exact) mass is 384 g/mol. The van der Waals surface area contributed by atoms with E-state index in [0.717, 1.165) is 16.7 Å². The van der Waals surface area contributed by atoms with Crippen molar-refractivity contribution in [2.24, 2.45) is 5.41 Å². The summed E-state index contributed by atoms with van der Waals surface area (Å²) in [5, 5.41) is 9.63. The minimum atomic E-state index is -1.18. The van der Waals surface area contributed by atoms with E-state index in [1.807, 2.05) is 48.6 Å². The van der Waals surface area contributed by atoms with Crippen LogP contribution in [0.1, 0.15) is 19.4 Å². The molecule has 4 nitrogen and oxygen atoms in total. The number of carbonyl (C=O) groups excluding carboxylic acids is 2. The maximum Gasteiger partial charge on any atom is 0.241 e. The van der Waals surface area contributed by atoms with Gasteiger partial charge in [0, 0.05) is 13.1 Å². The van der Waals surface area contributed by atoms with Crippen LogP contribution in [0.15, 0.2) is 90.6 Å². The average molecular weight is 384 g/mol. The maximum absolute atomic E-state index is 13.9. The van der Waals surface area contributed by atoms with Crippen molar-refractivity contribution in [2.75, 3.05) is 13.1 Å². The normalized spacial score (nSPS) is 23.5. The summed E-state index contributed by atoms with van der Waals surface area (Å²) < 4.78 is 0. The van der Waals surface area contributed by atoms with Gasteiger partial charge in [0.05, 0.1) is 11.0 Å². The number of ketones is 1. The third kappa shape index (κ3) is 3.09. The molecule has 1 heterocycles. The smallest absolute Gasteiger partial charge is 0.241 e. The second kappa shape index (κ2) is 7.52. The summed E-state index contributed by atoms with van der Waals surface area (Å²) in [5.74, 6) is -0.399. The zero-order valence-corrected chi connectivity index (χ0v) is 16.8. The zero-order valence-electron chi connectivity index (χ0n) is 16.8. The van der Waals surface area contributed by atoms with E-state index in [2.05, 4.69) is 13.2 Å². The van der Waals surface area contributed by atoms with E-state index >= 15 is 0 Å². The molecule has 1 aliphatic carbocycles. The number of hydrogen-bond donors (Lipinski definition) is 0. The number of allylic oxidation sites excluding steroid dienone is 3. The Labute approximate surface area is 171 Å². The first-order valence-corrected chi connectivity index (χ1v) is 9.50. The van der Waals surface area contributed by atoms with Crippen molar-refractivity contribution in [3.8, 4) is 6.07 Å². The first kappa shape index (κ1) is 20.3. The van der Waals surface area contributed by atoms with E-state index in [-0.39, 0.29) is 17.3 Å². The first-order chi connectivity index (χ1) is 13.8. The van der Waals surface area contributed by atoms with Crippen LogP contribution in [0.5, 0.6) is 0 Å². The van der Waals surface area contributed by atoms with Gasteiger partial charge in [-0.05, 0) is 36.6 Å². The highest BCUT2D eigenvalue weighted by Crippen LogP contribution is 2.51. The third-order valence-corrected chi connectivity index (χ3v) is 5.73. The fraction of sp³-hybridized carbons (Fsp3) is 0.240. The van der Waals surface area contributed by atoms with Crippen LogP contribution in [0.2, 0.25) is 0 Å². The second-order valence-electron chi connectivity index (χ2n) is 7.78. The molecule has 0 saturated heterocycles. The number of benzene rings is 1. The molecule has 0 aromatic heterocycles. The highest BCUT2D eigenvalue weighted by Gasteiger charge is 2.56. The molecule has 4 heteroatoms. The highest BCUT2D eigenvalue weighted by atomic mass is 16.2. The van der Waals surface area contributed by atoms with E-state index < -0.39 is 10.8 Å². The molecule has 0 saturated carbocycles. The van der Waals surface area contributed by atoms with E-state index in [1.165, 1.54) is 0 Å². The molecule has 0 fully saturated rings. The van der Waals surface area contributed by atoms with Gasteiger partial charge in [-0.15, -0.1) is 0 Å². The van der Waals surface area contributed by atoms with Crippen LogP contribution in [0.3, 0.4) is 0 Å². The van der Waals surface area contributed by atoms with Gasteiger partial charge >= 0.3 is 0 Å². The molecule has 1 unspecified atom stereocenters. The molecule has 1 aromatic rings. The lowest BCUT2D eigenvalue weighted by atomic mass is 9.56. The van der Waals surface area contributed by atoms with Crippen LogP contribution < -0.4 is 0 Å². The molecule has 29 heavy (non-hydrogen) atoms. The average Bonchev–Trinajstić information content (AvgIpc) is 2.73. The predicted molar refractivity (Wildman–Crippen MR) is 114 cm³/mol. The van der Waals surface area contributed by atoms with Crippen molar-refractivity contribution in [1.29, 1.82) is 5.26 Å². The molecule has 146 valence electrons.